The molecule has 10 heavy (non-hydrogen) atoms. The molecule has 1 aromatic rings. The van der Waals surface area contributed by atoms with E-state index in [0.29, 0.717) is 0 Å². The first-order chi connectivity index (χ1) is 4.75. The van der Waals surface area contributed by atoms with Crippen molar-refractivity contribution >= 4 is 5.95 Å². The molecule has 0 unspecified atom stereocenters. The van der Waals surface area contributed by atoms with Crippen LogP contribution in [0.3, 0.4) is 0 Å². The van der Waals surface area contributed by atoms with Crippen LogP contribution in [0.4, 0.5) is 5.95 Å². The molecule has 1 heterocycles. The van der Waals surface area contributed by atoms with Crippen LogP contribution in [0, 0.1) is 4.91 Å². The minimum atomic E-state index is 0.245. The van der Waals surface area contributed by atoms with Gasteiger partial charge in [0.1, 0.15) is 0 Å². The fraction of sp³-hybridized carbons (Fsp3) is 0.500. The van der Waals surface area contributed by atoms with E-state index < -0.39 is 0 Å². The number of aromatic nitrogens is 2. The Balaban J connectivity index is 3.01. The van der Waals surface area contributed by atoms with E-state index in [1.54, 1.807) is 17.0 Å². The van der Waals surface area contributed by atoms with Gasteiger partial charge in [-0.05, 0) is 13.8 Å². The summed E-state index contributed by atoms with van der Waals surface area (Å²) in [7, 11) is 0. The van der Waals surface area contributed by atoms with Gasteiger partial charge in [0.25, 0.3) is 5.95 Å². The Kier molecular flexibility index (Phi) is 1.80. The van der Waals surface area contributed by atoms with E-state index >= 15 is 0 Å². The van der Waals surface area contributed by atoms with Crippen LogP contribution in [0.1, 0.15) is 19.9 Å². The van der Waals surface area contributed by atoms with Crippen LogP contribution < -0.4 is 0 Å². The molecule has 0 amide bonds. The molecule has 1 aromatic heterocycles. The predicted octanol–water partition coefficient (Wildman–Crippen LogP) is 1.86. The maximum absolute atomic E-state index is 10.1. The highest BCUT2D eigenvalue weighted by Gasteiger charge is 2.03. The first kappa shape index (κ1) is 6.92. The van der Waals surface area contributed by atoms with Crippen molar-refractivity contribution in [2.24, 2.45) is 5.18 Å². The zero-order valence-corrected chi connectivity index (χ0v) is 5.98. The summed E-state index contributed by atoms with van der Waals surface area (Å²) in [6.45, 7) is 3.94. The van der Waals surface area contributed by atoms with Crippen molar-refractivity contribution in [1.82, 2.24) is 9.55 Å². The summed E-state index contributed by atoms with van der Waals surface area (Å²) in [6, 6.07) is 0.246. The summed E-state index contributed by atoms with van der Waals surface area (Å²) < 4.78 is 1.72. The maximum atomic E-state index is 10.1. The topological polar surface area (TPSA) is 47.2 Å². The predicted molar refractivity (Wildman–Crippen MR) is 38.1 cm³/mol. The molecule has 0 aliphatic rings. The molecule has 1 rings (SSSR count). The number of hydrogen-bond donors (Lipinski definition) is 0. The lowest BCUT2D eigenvalue weighted by molar-refractivity contribution is 0.604. The number of hydrogen-bond acceptors (Lipinski definition) is 3. The van der Waals surface area contributed by atoms with Gasteiger partial charge in [0.2, 0.25) is 0 Å². The van der Waals surface area contributed by atoms with E-state index in [-0.39, 0.29) is 12.0 Å². The lowest BCUT2D eigenvalue weighted by Crippen LogP contribution is -1.97. The number of rotatable bonds is 2. The molecule has 0 aliphatic heterocycles. The highest BCUT2D eigenvalue weighted by molar-refractivity contribution is 5.16. The third-order valence-corrected chi connectivity index (χ3v) is 1.29. The minimum absolute atomic E-state index is 0.245. The van der Waals surface area contributed by atoms with Crippen LogP contribution in [0.15, 0.2) is 17.6 Å². The molecule has 4 heteroatoms. The molecule has 0 fully saturated rings. The molecule has 0 spiro atoms. The van der Waals surface area contributed by atoms with Crippen molar-refractivity contribution in [3.63, 3.8) is 0 Å². The summed E-state index contributed by atoms with van der Waals surface area (Å²) in [5, 5.41) is 2.75. The Bertz CT molecular complexity index is 229. The number of nitrogens with zero attached hydrogens (tertiary/aromatic N) is 3. The van der Waals surface area contributed by atoms with E-state index in [0.717, 1.165) is 0 Å². The molecular weight excluding hydrogens is 130 g/mol. The van der Waals surface area contributed by atoms with E-state index in [9.17, 15) is 4.91 Å². The van der Waals surface area contributed by atoms with E-state index in [1.807, 2.05) is 13.8 Å². The van der Waals surface area contributed by atoms with Crippen molar-refractivity contribution in [2.75, 3.05) is 0 Å². The third kappa shape index (κ3) is 1.05. The molecule has 0 saturated heterocycles. The van der Waals surface area contributed by atoms with Crippen LogP contribution >= 0.6 is 0 Å². The lowest BCUT2D eigenvalue weighted by atomic mass is 10.4. The van der Waals surface area contributed by atoms with Crippen molar-refractivity contribution in [3.05, 3.63) is 17.3 Å². The van der Waals surface area contributed by atoms with Gasteiger partial charge in [-0.1, -0.05) is 0 Å². The monoisotopic (exact) mass is 139 g/mol. The fourth-order valence-corrected chi connectivity index (χ4v) is 0.779. The largest absolute Gasteiger partial charge is 0.310 e. The van der Waals surface area contributed by atoms with Gasteiger partial charge in [-0.25, -0.2) is 4.98 Å². The average Bonchev–Trinajstić information content (AvgIpc) is 2.33. The molecule has 0 atom stereocenters. The van der Waals surface area contributed by atoms with Gasteiger partial charge >= 0.3 is 0 Å². The molecule has 0 N–H and O–H groups in total. The normalized spacial score (nSPS) is 10.3. The standard InChI is InChI=1S/C6H9N3O/c1-5(2)9-4-3-7-6(9)8-10/h3-5H,1-2H3. The van der Waals surface area contributed by atoms with Crippen molar-refractivity contribution in [2.45, 2.75) is 19.9 Å². The van der Waals surface area contributed by atoms with Gasteiger partial charge in [-0.15, -0.1) is 4.91 Å². The maximum Gasteiger partial charge on any atom is 0.271 e. The van der Waals surface area contributed by atoms with Crippen LogP contribution in [-0.4, -0.2) is 9.55 Å². The highest BCUT2D eigenvalue weighted by atomic mass is 16.3. The molecule has 4 nitrogen and oxygen atoms in total. The van der Waals surface area contributed by atoms with E-state index in [2.05, 4.69) is 10.2 Å². The fourth-order valence-electron chi connectivity index (χ4n) is 0.779. The number of nitroso groups, excluding NO2 is 1. The molecule has 0 saturated carbocycles. The smallest absolute Gasteiger partial charge is 0.271 e. The molecule has 0 bridgehead atoms. The Morgan fingerprint density at radius 2 is 2.40 bits per heavy atom. The van der Waals surface area contributed by atoms with Crippen LogP contribution in [0.5, 0.6) is 0 Å². The van der Waals surface area contributed by atoms with Gasteiger partial charge in [0, 0.05) is 23.6 Å². The minimum Gasteiger partial charge on any atom is -0.310 e. The summed E-state index contributed by atoms with van der Waals surface area (Å²) >= 11 is 0. The Morgan fingerprint density at radius 3 is 2.80 bits per heavy atom. The van der Waals surface area contributed by atoms with Gasteiger partial charge in [0.15, 0.2) is 0 Å². The Hall–Kier alpha value is -1.19. The van der Waals surface area contributed by atoms with Crippen molar-refractivity contribution in [3.8, 4) is 0 Å². The molecule has 0 aliphatic carbocycles. The second-order valence-corrected chi connectivity index (χ2v) is 2.32. The quantitative estimate of drug-likeness (QED) is 0.587. The highest BCUT2D eigenvalue weighted by Crippen LogP contribution is 2.13. The van der Waals surface area contributed by atoms with Gasteiger partial charge in [-0.2, -0.15) is 0 Å². The van der Waals surface area contributed by atoms with Gasteiger partial charge in [-0.3, -0.25) is 0 Å². The second kappa shape index (κ2) is 2.60. The molecular formula is C6H9N3O. The van der Waals surface area contributed by atoms with Crippen molar-refractivity contribution < 1.29 is 0 Å². The second-order valence-electron chi connectivity index (χ2n) is 2.32. The molecule has 54 valence electrons. The zero-order valence-electron chi connectivity index (χ0n) is 5.98. The first-order valence-electron chi connectivity index (χ1n) is 3.12. The zero-order chi connectivity index (χ0) is 7.56. The molecule has 0 radical (unpaired) electrons. The first-order valence-corrected chi connectivity index (χ1v) is 3.12. The van der Waals surface area contributed by atoms with Crippen LogP contribution in [0.2, 0.25) is 0 Å². The number of imidazole rings is 1. The van der Waals surface area contributed by atoms with Gasteiger partial charge in [0.05, 0.1) is 0 Å². The van der Waals surface area contributed by atoms with Gasteiger partial charge < -0.3 is 4.57 Å². The SMILES string of the molecule is CC(C)n1ccnc1N=O. The third-order valence-electron chi connectivity index (χ3n) is 1.29. The van der Waals surface area contributed by atoms with E-state index in [1.165, 1.54) is 0 Å². The summed E-state index contributed by atoms with van der Waals surface area (Å²) in [5.41, 5.74) is 0. The Labute approximate surface area is 58.9 Å². The summed E-state index contributed by atoms with van der Waals surface area (Å²) in [5.74, 6) is 0.245. The average molecular weight is 139 g/mol. The summed E-state index contributed by atoms with van der Waals surface area (Å²) in [4.78, 5) is 13.8. The molecule has 0 aromatic carbocycles. The van der Waals surface area contributed by atoms with Crippen molar-refractivity contribution in [1.29, 1.82) is 0 Å². The summed E-state index contributed by atoms with van der Waals surface area (Å²) in [6.07, 6.45) is 3.30. The lowest BCUT2D eigenvalue weighted by Gasteiger charge is -2.05. The Morgan fingerprint density at radius 1 is 1.70 bits per heavy atom. The van der Waals surface area contributed by atoms with E-state index in [4.69, 9.17) is 0 Å². The van der Waals surface area contributed by atoms with Crippen LogP contribution in [0.25, 0.3) is 0 Å². The van der Waals surface area contributed by atoms with Crippen LogP contribution in [-0.2, 0) is 0 Å².